The molecule has 0 unspecified atom stereocenters. The molecule has 0 aliphatic carbocycles. The molecule has 0 aliphatic heterocycles. The third-order valence-corrected chi connectivity index (χ3v) is 3.36. The van der Waals surface area contributed by atoms with Gasteiger partial charge in [-0.3, -0.25) is 0 Å². The summed E-state index contributed by atoms with van der Waals surface area (Å²) < 4.78 is 1.06. The van der Waals surface area contributed by atoms with Crippen LogP contribution in [-0.2, 0) is 0 Å². The van der Waals surface area contributed by atoms with Gasteiger partial charge < -0.3 is 10.4 Å². The largest absolute Gasteiger partial charge is 0.395 e. The highest BCUT2D eigenvalue weighted by molar-refractivity contribution is 9.10. The van der Waals surface area contributed by atoms with Gasteiger partial charge in [0.25, 0.3) is 0 Å². The topological polar surface area (TPSA) is 45.1 Å². The molecule has 1 heterocycles. The summed E-state index contributed by atoms with van der Waals surface area (Å²) in [7, 11) is 0. The predicted octanol–water partition coefficient (Wildman–Crippen LogP) is 2.98. The van der Waals surface area contributed by atoms with Crippen molar-refractivity contribution < 1.29 is 5.11 Å². The number of hydrogen-bond acceptors (Lipinski definition) is 4. The van der Waals surface area contributed by atoms with Gasteiger partial charge >= 0.3 is 0 Å². The van der Waals surface area contributed by atoms with Crippen molar-refractivity contribution in [2.45, 2.75) is 0 Å². The summed E-state index contributed by atoms with van der Waals surface area (Å²) in [6, 6.07) is 8.04. The number of nitrogens with one attached hydrogen (secondary N) is 1. The maximum atomic E-state index is 8.69. The van der Waals surface area contributed by atoms with Crippen molar-refractivity contribution in [3.63, 3.8) is 0 Å². The van der Waals surface area contributed by atoms with E-state index < -0.39 is 0 Å². The van der Waals surface area contributed by atoms with E-state index in [0.29, 0.717) is 6.54 Å². The van der Waals surface area contributed by atoms with Crippen LogP contribution in [0.3, 0.4) is 0 Å². The van der Waals surface area contributed by atoms with Crippen LogP contribution in [0.2, 0.25) is 0 Å². The van der Waals surface area contributed by atoms with Crippen LogP contribution in [-0.4, -0.2) is 23.2 Å². The minimum atomic E-state index is 0.118. The van der Waals surface area contributed by atoms with Gasteiger partial charge in [-0.1, -0.05) is 28.1 Å². The molecule has 1 aromatic heterocycles. The van der Waals surface area contributed by atoms with Crippen LogP contribution in [0.4, 0.5) is 5.13 Å². The molecule has 5 heteroatoms. The molecule has 0 saturated carbocycles. The van der Waals surface area contributed by atoms with Crippen molar-refractivity contribution in [1.29, 1.82) is 0 Å². The Balaban J connectivity index is 2.15. The second kappa shape index (κ2) is 5.43. The maximum absolute atomic E-state index is 8.69. The second-order valence-corrected chi connectivity index (χ2v) is 4.97. The number of anilines is 1. The Morgan fingerprint density at radius 2 is 2.06 bits per heavy atom. The molecule has 84 valence electrons. The third-order valence-electron chi connectivity index (χ3n) is 2.03. The van der Waals surface area contributed by atoms with E-state index in [0.717, 1.165) is 20.9 Å². The normalized spacial score (nSPS) is 10.4. The number of hydrogen-bond donors (Lipinski definition) is 2. The fourth-order valence-corrected chi connectivity index (χ4v) is 2.28. The number of rotatable bonds is 4. The highest BCUT2D eigenvalue weighted by Gasteiger charge is 2.03. The lowest BCUT2D eigenvalue weighted by Crippen LogP contribution is -2.04. The number of aliphatic hydroxyl groups excluding tert-OH is 1. The van der Waals surface area contributed by atoms with Crippen LogP contribution < -0.4 is 5.32 Å². The zero-order valence-electron chi connectivity index (χ0n) is 8.48. The first-order valence-corrected chi connectivity index (χ1v) is 6.53. The van der Waals surface area contributed by atoms with E-state index in [2.05, 4.69) is 26.2 Å². The molecule has 3 nitrogen and oxygen atoms in total. The standard InChI is InChI=1S/C11H11BrN2OS/c12-9-3-1-8(2-4-9)10-7-16-11(14-10)13-5-6-15/h1-4,7,15H,5-6H2,(H,13,14). The van der Waals surface area contributed by atoms with Gasteiger partial charge in [0.15, 0.2) is 5.13 Å². The molecule has 1 aromatic carbocycles. The van der Waals surface area contributed by atoms with E-state index in [1.54, 1.807) is 11.3 Å². The molecule has 0 saturated heterocycles. The molecule has 0 spiro atoms. The van der Waals surface area contributed by atoms with Gasteiger partial charge in [0.2, 0.25) is 0 Å². The van der Waals surface area contributed by atoms with Crippen molar-refractivity contribution >= 4 is 32.4 Å². The van der Waals surface area contributed by atoms with E-state index in [9.17, 15) is 0 Å². The van der Waals surface area contributed by atoms with Crippen LogP contribution in [0, 0.1) is 0 Å². The van der Waals surface area contributed by atoms with Crippen molar-refractivity contribution in [2.24, 2.45) is 0 Å². The third kappa shape index (κ3) is 2.81. The summed E-state index contributed by atoms with van der Waals surface area (Å²) in [6.45, 7) is 0.653. The monoisotopic (exact) mass is 298 g/mol. The second-order valence-electron chi connectivity index (χ2n) is 3.20. The zero-order chi connectivity index (χ0) is 11.4. The maximum Gasteiger partial charge on any atom is 0.183 e. The van der Waals surface area contributed by atoms with Gasteiger partial charge in [-0.05, 0) is 12.1 Å². The average molecular weight is 299 g/mol. The first-order chi connectivity index (χ1) is 7.79. The lowest BCUT2D eigenvalue weighted by molar-refractivity contribution is 0.311. The quantitative estimate of drug-likeness (QED) is 0.912. The van der Waals surface area contributed by atoms with Gasteiger partial charge in [0, 0.05) is 22.0 Å². The Morgan fingerprint density at radius 1 is 1.31 bits per heavy atom. The molecule has 2 N–H and O–H groups in total. The summed E-state index contributed by atoms with van der Waals surface area (Å²) in [5.41, 5.74) is 2.05. The lowest BCUT2D eigenvalue weighted by Gasteiger charge is -1.98. The molecule has 0 radical (unpaired) electrons. The first-order valence-electron chi connectivity index (χ1n) is 4.86. The summed E-state index contributed by atoms with van der Waals surface area (Å²) >= 11 is 4.94. The van der Waals surface area contributed by atoms with E-state index in [1.807, 2.05) is 29.6 Å². The van der Waals surface area contributed by atoms with Gasteiger partial charge in [-0.2, -0.15) is 0 Å². The molecule has 2 rings (SSSR count). The lowest BCUT2D eigenvalue weighted by atomic mass is 10.2. The van der Waals surface area contributed by atoms with E-state index in [-0.39, 0.29) is 6.61 Å². The minimum Gasteiger partial charge on any atom is -0.395 e. The highest BCUT2D eigenvalue weighted by atomic mass is 79.9. The molecule has 0 fully saturated rings. The first kappa shape index (κ1) is 11.6. The smallest absolute Gasteiger partial charge is 0.183 e. The number of halogens is 1. The summed E-state index contributed by atoms with van der Waals surface area (Å²) in [4.78, 5) is 4.43. The minimum absolute atomic E-state index is 0.118. The Bertz CT molecular complexity index is 455. The molecular weight excluding hydrogens is 288 g/mol. The van der Waals surface area contributed by atoms with Crippen molar-refractivity contribution in [1.82, 2.24) is 4.98 Å². The Kier molecular flexibility index (Phi) is 3.93. The number of nitrogens with zero attached hydrogens (tertiary/aromatic N) is 1. The Hall–Kier alpha value is -0.910. The van der Waals surface area contributed by atoms with E-state index in [1.165, 1.54) is 0 Å². The van der Waals surface area contributed by atoms with Crippen molar-refractivity contribution in [2.75, 3.05) is 18.5 Å². The predicted molar refractivity (Wildman–Crippen MR) is 70.8 cm³/mol. The van der Waals surface area contributed by atoms with Crippen LogP contribution >= 0.6 is 27.3 Å². The van der Waals surface area contributed by atoms with Gasteiger partial charge in [0.1, 0.15) is 0 Å². The SMILES string of the molecule is OCCNc1nc(-c2ccc(Br)cc2)cs1. The number of aromatic nitrogens is 1. The number of thiazole rings is 1. The zero-order valence-corrected chi connectivity index (χ0v) is 10.9. The summed E-state index contributed by atoms with van der Waals surface area (Å²) in [6.07, 6.45) is 0. The van der Waals surface area contributed by atoms with Gasteiger partial charge in [0.05, 0.1) is 12.3 Å². The molecule has 2 aromatic rings. The van der Waals surface area contributed by atoms with Crippen LogP contribution in [0.1, 0.15) is 0 Å². The van der Waals surface area contributed by atoms with Crippen LogP contribution in [0.15, 0.2) is 34.1 Å². The molecule has 0 aliphatic rings. The van der Waals surface area contributed by atoms with E-state index >= 15 is 0 Å². The van der Waals surface area contributed by atoms with Crippen molar-refractivity contribution in [3.8, 4) is 11.3 Å². The summed E-state index contributed by atoms with van der Waals surface area (Å²) in [5, 5.41) is 14.6. The number of benzene rings is 1. The van der Waals surface area contributed by atoms with Crippen LogP contribution in [0.25, 0.3) is 11.3 Å². The number of aliphatic hydroxyl groups is 1. The average Bonchev–Trinajstić information content (AvgIpc) is 2.76. The van der Waals surface area contributed by atoms with Gasteiger partial charge in [-0.25, -0.2) is 4.98 Å². The Morgan fingerprint density at radius 3 is 2.75 bits per heavy atom. The Labute approximate surface area is 106 Å². The van der Waals surface area contributed by atoms with Crippen LogP contribution in [0.5, 0.6) is 0 Å². The highest BCUT2D eigenvalue weighted by Crippen LogP contribution is 2.25. The molecular formula is C11H11BrN2OS. The molecule has 0 amide bonds. The van der Waals surface area contributed by atoms with E-state index in [4.69, 9.17) is 5.11 Å². The molecule has 16 heavy (non-hydrogen) atoms. The fourth-order valence-electron chi connectivity index (χ4n) is 1.27. The van der Waals surface area contributed by atoms with Crippen molar-refractivity contribution in [3.05, 3.63) is 34.1 Å². The molecule has 0 bridgehead atoms. The summed E-state index contributed by atoms with van der Waals surface area (Å²) in [5.74, 6) is 0. The molecule has 0 atom stereocenters. The fraction of sp³-hybridized carbons (Fsp3) is 0.182. The van der Waals surface area contributed by atoms with Gasteiger partial charge in [-0.15, -0.1) is 11.3 Å².